The number of ether oxygens (including phenoxy) is 1. The van der Waals surface area contributed by atoms with Crippen LogP contribution in [0, 0.1) is 0 Å². The van der Waals surface area contributed by atoms with Gasteiger partial charge in [-0.3, -0.25) is 4.79 Å². The second-order valence-corrected chi connectivity index (χ2v) is 5.66. The predicted molar refractivity (Wildman–Crippen MR) is 86.8 cm³/mol. The number of carbonyl (C=O) groups excluding carboxylic acids is 1. The molecule has 0 amide bonds. The number of hydrogen-bond acceptors (Lipinski definition) is 4. The Hall–Kier alpha value is -1.65. The first kappa shape index (κ1) is 16.7. The summed E-state index contributed by atoms with van der Waals surface area (Å²) < 4.78 is 5.82. The second-order valence-electron chi connectivity index (χ2n) is 4.81. The van der Waals surface area contributed by atoms with E-state index >= 15 is 0 Å². The van der Waals surface area contributed by atoms with Gasteiger partial charge in [-0.2, -0.15) is 0 Å². The maximum Gasteiger partial charge on any atom is 0.206 e. The molecule has 0 saturated carbocycles. The fourth-order valence-corrected chi connectivity index (χ4v) is 2.42. The molecule has 2 rings (SSSR count). The van der Waals surface area contributed by atoms with E-state index < -0.39 is 6.10 Å². The molecule has 6 heteroatoms. The summed E-state index contributed by atoms with van der Waals surface area (Å²) in [4.78, 5) is 20.3. The van der Waals surface area contributed by atoms with Crippen molar-refractivity contribution < 1.29 is 9.53 Å². The first-order valence-corrected chi connectivity index (χ1v) is 7.78. The number of aromatic nitrogens is 2. The zero-order chi connectivity index (χ0) is 15.9. The Bertz CT molecular complexity index is 635. The summed E-state index contributed by atoms with van der Waals surface area (Å²) in [5, 5.41) is 0.899. The summed E-state index contributed by atoms with van der Waals surface area (Å²) in [6.07, 6.45) is 6.17. The lowest BCUT2D eigenvalue weighted by Gasteiger charge is -2.18. The van der Waals surface area contributed by atoms with E-state index in [2.05, 4.69) is 16.9 Å². The zero-order valence-corrected chi connectivity index (χ0v) is 13.6. The highest BCUT2D eigenvalue weighted by atomic mass is 35.5. The van der Waals surface area contributed by atoms with Gasteiger partial charge in [0.15, 0.2) is 6.10 Å². The lowest BCUT2D eigenvalue weighted by atomic mass is 10.0. The van der Waals surface area contributed by atoms with Crippen molar-refractivity contribution >= 4 is 29.0 Å². The first-order valence-electron chi connectivity index (χ1n) is 7.02. The summed E-state index contributed by atoms with van der Waals surface area (Å²) in [6, 6.07) is 4.93. The van der Waals surface area contributed by atoms with Crippen LogP contribution in [-0.4, -0.2) is 21.9 Å². The van der Waals surface area contributed by atoms with Gasteiger partial charge in [-0.25, -0.2) is 9.97 Å². The molecule has 0 saturated heterocycles. The van der Waals surface area contributed by atoms with Crippen LogP contribution in [0.15, 0.2) is 36.9 Å². The second kappa shape index (κ2) is 8.11. The fourth-order valence-electron chi connectivity index (χ4n) is 1.97. The van der Waals surface area contributed by atoms with E-state index in [9.17, 15) is 4.79 Å². The standard InChI is InChI=1S/C16H16Cl2N2O2/c1-2-3-4-15(16(21)11-8-19-10-20-9-11)22-14-6-5-12(17)7-13(14)18/h5-10,15H,2-4H2,1H3. The molecule has 0 N–H and O–H groups in total. The molecule has 116 valence electrons. The third-order valence-electron chi connectivity index (χ3n) is 3.12. The molecular weight excluding hydrogens is 323 g/mol. The van der Waals surface area contributed by atoms with Gasteiger partial charge >= 0.3 is 0 Å². The smallest absolute Gasteiger partial charge is 0.206 e. The predicted octanol–water partition coefficient (Wildman–Crippen LogP) is 4.60. The fraction of sp³-hybridized carbons (Fsp3) is 0.312. The first-order chi connectivity index (χ1) is 10.6. The third kappa shape index (κ3) is 4.42. The molecule has 1 aromatic heterocycles. The van der Waals surface area contributed by atoms with Crippen molar-refractivity contribution in [2.45, 2.75) is 32.3 Å². The van der Waals surface area contributed by atoms with E-state index in [1.54, 1.807) is 18.2 Å². The highest BCUT2D eigenvalue weighted by molar-refractivity contribution is 6.35. The Balaban J connectivity index is 2.20. The number of Topliss-reactive ketones (excluding diaryl/α,β-unsaturated/α-hetero) is 1. The van der Waals surface area contributed by atoms with E-state index in [4.69, 9.17) is 27.9 Å². The quantitative estimate of drug-likeness (QED) is 0.692. The number of halogens is 2. The number of carbonyl (C=O) groups is 1. The van der Waals surface area contributed by atoms with Gasteiger partial charge in [0.25, 0.3) is 0 Å². The average Bonchev–Trinajstić information content (AvgIpc) is 2.53. The van der Waals surface area contributed by atoms with Gasteiger partial charge in [-0.15, -0.1) is 0 Å². The zero-order valence-electron chi connectivity index (χ0n) is 12.1. The van der Waals surface area contributed by atoms with E-state index in [0.717, 1.165) is 12.8 Å². The Labute approximate surface area is 139 Å². The Morgan fingerprint density at radius 1 is 1.27 bits per heavy atom. The van der Waals surface area contributed by atoms with Crippen molar-refractivity contribution in [3.63, 3.8) is 0 Å². The van der Waals surface area contributed by atoms with Crippen molar-refractivity contribution in [3.8, 4) is 5.75 Å². The molecule has 0 aliphatic heterocycles. The van der Waals surface area contributed by atoms with Crippen LogP contribution in [0.2, 0.25) is 10.0 Å². The largest absolute Gasteiger partial charge is 0.481 e. The summed E-state index contributed by atoms with van der Waals surface area (Å²) in [5.41, 5.74) is 0.425. The SMILES string of the molecule is CCCCC(Oc1ccc(Cl)cc1Cl)C(=O)c1cncnc1. The molecule has 0 spiro atoms. The maximum absolute atomic E-state index is 12.6. The number of unbranched alkanes of at least 4 members (excludes halogenated alkanes) is 1. The molecule has 0 bridgehead atoms. The summed E-state index contributed by atoms with van der Waals surface area (Å²) >= 11 is 12.0. The van der Waals surface area contributed by atoms with E-state index in [1.165, 1.54) is 18.7 Å². The van der Waals surface area contributed by atoms with E-state index in [0.29, 0.717) is 27.8 Å². The maximum atomic E-state index is 12.6. The summed E-state index contributed by atoms with van der Waals surface area (Å²) in [5.74, 6) is 0.289. The van der Waals surface area contributed by atoms with Gasteiger partial charge in [0.2, 0.25) is 5.78 Å². The van der Waals surface area contributed by atoms with Crippen molar-refractivity contribution in [1.29, 1.82) is 0 Å². The van der Waals surface area contributed by atoms with Gasteiger partial charge < -0.3 is 4.74 Å². The number of rotatable bonds is 7. The van der Waals surface area contributed by atoms with Crippen LogP contribution in [0.3, 0.4) is 0 Å². The van der Waals surface area contributed by atoms with Crippen LogP contribution in [0.4, 0.5) is 0 Å². The van der Waals surface area contributed by atoms with Crippen LogP contribution in [0.1, 0.15) is 36.5 Å². The minimum Gasteiger partial charge on any atom is -0.481 e. The molecule has 2 aromatic rings. The Kier molecular flexibility index (Phi) is 6.16. The molecule has 4 nitrogen and oxygen atoms in total. The lowest BCUT2D eigenvalue weighted by molar-refractivity contribution is 0.0774. The monoisotopic (exact) mass is 338 g/mol. The van der Waals surface area contributed by atoms with Gasteiger partial charge in [0.05, 0.1) is 10.6 Å². The van der Waals surface area contributed by atoms with Crippen LogP contribution in [-0.2, 0) is 0 Å². The van der Waals surface area contributed by atoms with Gasteiger partial charge in [-0.1, -0.05) is 36.5 Å². The van der Waals surface area contributed by atoms with Crippen LogP contribution in [0.5, 0.6) is 5.75 Å². The summed E-state index contributed by atoms with van der Waals surface area (Å²) in [6.45, 7) is 2.06. The van der Waals surface area contributed by atoms with Crippen molar-refractivity contribution in [2.75, 3.05) is 0 Å². The van der Waals surface area contributed by atoms with Gasteiger partial charge in [0, 0.05) is 17.4 Å². The highest BCUT2D eigenvalue weighted by Crippen LogP contribution is 2.29. The van der Waals surface area contributed by atoms with Crippen molar-refractivity contribution in [2.24, 2.45) is 0 Å². The van der Waals surface area contributed by atoms with Crippen LogP contribution >= 0.6 is 23.2 Å². The van der Waals surface area contributed by atoms with E-state index in [1.807, 2.05) is 0 Å². The molecule has 1 heterocycles. The molecular formula is C16H16Cl2N2O2. The molecule has 0 aliphatic carbocycles. The number of benzene rings is 1. The third-order valence-corrected chi connectivity index (χ3v) is 3.65. The molecule has 0 aliphatic rings. The molecule has 1 aromatic carbocycles. The minimum absolute atomic E-state index is 0.153. The number of ketones is 1. The molecule has 1 unspecified atom stereocenters. The van der Waals surface area contributed by atoms with Crippen molar-refractivity contribution in [1.82, 2.24) is 9.97 Å². The average molecular weight is 339 g/mol. The molecule has 0 radical (unpaired) electrons. The normalized spacial score (nSPS) is 12.0. The lowest BCUT2D eigenvalue weighted by Crippen LogP contribution is -2.28. The Morgan fingerprint density at radius 2 is 2.00 bits per heavy atom. The van der Waals surface area contributed by atoms with Gasteiger partial charge in [0.1, 0.15) is 12.1 Å². The van der Waals surface area contributed by atoms with E-state index in [-0.39, 0.29) is 5.78 Å². The van der Waals surface area contributed by atoms with Crippen LogP contribution < -0.4 is 4.74 Å². The van der Waals surface area contributed by atoms with Crippen LogP contribution in [0.25, 0.3) is 0 Å². The number of nitrogens with zero attached hydrogens (tertiary/aromatic N) is 2. The molecule has 1 atom stereocenters. The molecule has 22 heavy (non-hydrogen) atoms. The highest BCUT2D eigenvalue weighted by Gasteiger charge is 2.23. The Morgan fingerprint density at radius 3 is 2.64 bits per heavy atom. The van der Waals surface area contributed by atoms with Gasteiger partial charge in [-0.05, 0) is 31.0 Å². The summed E-state index contributed by atoms with van der Waals surface area (Å²) in [7, 11) is 0. The minimum atomic E-state index is -0.621. The molecule has 0 fully saturated rings. The number of hydrogen-bond donors (Lipinski definition) is 0. The van der Waals surface area contributed by atoms with Crippen molar-refractivity contribution in [3.05, 3.63) is 52.5 Å². The topological polar surface area (TPSA) is 52.1 Å².